The summed E-state index contributed by atoms with van der Waals surface area (Å²) in [5.74, 6) is -0.494. The van der Waals surface area contributed by atoms with Gasteiger partial charge in [-0.25, -0.2) is 13.2 Å². The lowest BCUT2D eigenvalue weighted by Gasteiger charge is -2.29. The number of sulfone groups is 1. The maximum atomic E-state index is 13.6. The molecule has 0 radical (unpaired) electrons. The maximum Gasteiger partial charge on any atom is 0.344 e. The van der Waals surface area contributed by atoms with Crippen molar-refractivity contribution in [1.29, 1.82) is 0 Å². The van der Waals surface area contributed by atoms with Crippen molar-refractivity contribution in [2.75, 3.05) is 13.2 Å². The minimum atomic E-state index is -3.85. The van der Waals surface area contributed by atoms with Crippen LogP contribution >= 0.6 is 11.6 Å². The van der Waals surface area contributed by atoms with Crippen molar-refractivity contribution < 1.29 is 27.4 Å². The minimum absolute atomic E-state index is 0.0533. The van der Waals surface area contributed by atoms with Crippen molar-refractivity contribution in [2.45, 2.75) is 74.8 Å². The number of carbonyl (C=O) groups is 1. The topological polar surface area (TPSA) is 101 Å². The van der Waals surface area contributed by atoms with Crippen LogP contribution in [-0.4, -0.2) is 44.4 Å². The average molecular weight is 522 g/mol. The number of nitrogens with zero attached hydrogens (tertiary/aromatic N) is 1. The molecule has 188 valence electrons. The number of rotatable bonds is 6. The molecule has 1 saturated carbocycles. The van der Waals surface area contributed by atoms with Gasteiger partial charge in [0.2, 0.25) is 0 Å². The lowest BCUT2D eigenvalue weighted by molar-refractivity contribution is 0.0375. The molecular formula is C25H28ClNO7S. The van der Waals surface area contributed by atoms with Crippen LogP contribution in [0.3, 0.4) is 0 Å². The molecule has 0 amide bonds. The van der Waals surface area contributed by atoms with Crippen LogP contribution in [0.4, 0.5) is 0 Å². The first-order valence-corrected chi connectivity index (χ1v) is 13.8. The van der Waals surface area contributed by atoms with Crippen LogP contribution in [0.1, 0.15) is 73.7 Å². The van der Waals surface area contributed by atoms with Crippen molar-refractivity contribution in [3.63, 3.8) is 0 Å². The number of pyridine rings is 1. The van der Waals surface area contributed by atoms with Crippen LogP contribution in [-0.2, 0) is 19.3 Å². The zero-order valence-electron chi connectivity index (χ0n) is 19.9. The van der Waals surface area contributed by atoms with E-state index in [2.05, 4.69) is 0 Å². The first-order chi connectivity index (χ1) is 16.6. The summed E-state index contributed by atoms with van der Waals surface area (Å²) in [4.78, 5) is 26.2. The summed E-state index contributed by atoms with van der Waals surface area (Å²) in [5, 5.41) is -0.732. The van der Waals surface area contributed by atoms with Crippen molar-refractivity contribution in [3.05, 3.63) is 44.7 Å². The van der Waals surface area contributed by atoms with Gasteiger partial charge in [0.25, 0.3) is 5.56 Å². The van der Waals surface area contributed by atoms with E-state index in [0.717, 1.165) is 25.7 Å². The van der Waals surface area contributed by atoms with Gasteiger partial charge in [0.15, 0.2) is 9.84 Å². The predicted octanol–water partition coefficient (Wildman–Crippen LogP) is 4.47. The fourth-order valence-corrected chi connectivity index (χ4v) is 6.58. The summed E-state index contributed by atoms with van der Waals surface area (Å²) in [5.41, 5.74) is 0.592. The molecule has 10 heteroatoms. The maximum absolute atomic E-state index is 13.6. The van der Waals surface area contributed by atoms with E-state index in [0.29, 0.717) is 23.4 Å². The number of halogens is 1. The minimum Gasteiger partial charge on any atom is -0.489 e. The fourth-order valence-electron chi connectivity index (χ4n) is 4.74. The molecule has 1 saturated heterocycles. The van der Waals surface area contributed by atoms with E-state index in [1.807, 2.05) is 0 Å². The molecule has 1 unspecified atom stereocenters. The van der Waals surface area contributed by atoms with Gasteiger partial charge < -0.3 is 18.8 Å². The summed E-state index contributed by atoms with van der Waals surface area (Å²) in [6.45, 7) is 5.91. The molecule has 2 aliphatic heterocycles. The summed E-state index contributed by atoms with van der Waals surface area (Å²) < 4.78 is 45.5. The van der Waals surface area contributed by atoms with E-state index in [4.69, 9.17) is 25.8 Å². The highest BCUT2D eigenvalue weighted by Gasteiger charge is 2.41. The quantitative estimate of drug-likeness (QED) is 0.517. The standard InChI is InChI=1S/C25H28ClNO7S/c1-13(2)34-25(29)19-9-17-14(3)35(30,31)22-11-21(33-12-16-5-4-8-32-16)20(26)10-18(22)23(17)27(24(19)28)15-6-7-15/h9-11,13-16H,4-8,12H2,1-3H3/t14?,16-/m0/s1. The number of benzene rings is 1. The molecule has 1 aromatic carbocycles. The van der Waals surface area contributed by atoms with Gasteiger partial charge in [-0.3, -0.25) is 4.79 Å². The summed E-state index contributed by atoms with van der Waals surface area (Å²) in [6.07, 6.45) is 2.90. The lowest BCUT2D eigenvalue weighted by atomic mass is 9.99. The molecule has 0 N–H and O–H groups in total. The molecule has 0 bridgehead atoms. The Balaban J connectivity index is 1.67. The molecule has 2 fully saturated rings. The Morgan fingerprint density at radius 2 is 1.97 bits per heavy atom. The van der Waals surface area contributed by atoms with Crippen LogP contribution in [0.25, 0.3) is 11.3 Å². The fraction of sp³-hybridized carbons (Fsp3) is 0.520. The number of hydrogen-bond donors (Lipinski definition) is 0. The third kappa shape index (κ3) is 4.27. The molecule has 3 heterocycles. The normalized spacial score (nSPS) is 22.5. The number of hydrogen-bond acceptors (Lipinski definition) is 7. The molecule has 2 atom stereocenters. The molecule has 2 aromatic rings. The third-order valence-corrected chi connectivity index (χ3v) is 9.12. The average Bonchev–Trinajstić information content (AvgIpc) is 3.49. The van der Waals surface area contributed by atoms with Crippen molar-refractivity contribution >= 4 is 27.4 Å². The van der Waals surface area contributed by atoms with E-state index >= 15 is 0 Å². The number of fused-ring (bicyclic) bond motifs is 3. The summed E-state index contributed by atoms with van der Waals surface area (Å²) in [7, 11) is -3.85. The zero-order valence-corrected chi connectivity index (χ0v) is 21.4. The molecule has 1 aliphatic carbocycles. The monoisotopic (exact) mass is 521 g/mol. The van der Waals surface area contributed by atoms with Crippen molar-refractivity contribution in [3.8, 4) is 17.0 Å². The van der Waals surface area contributed by atoms with Crippen molar-refractivity contribution in [2.24, 2.45) is 0 Å². The van der Waals surface area contributed by atoms with E-state index in [1.54, 1.807) is 31.4 Å². The number of carbonyl (C=O) groups excluding carboxylic acids is 1. The second kappa shape index (κ2) is 8.94. The highest BCUT2D eigenvalue weighted by atomic mass is 35.5. The van der Waals surface area contributed by atoms with E-state index in [9.17, 15) is 18.0 Å². The SMILES string of the molecule is CC(C)OC(=O)c1cc2c(n(C3CC3)c1=O)-c1cc(Cl)c(OC[C@@H]3CCCO3)cc1S(=O)(=O)C2C. The van der Waals surface area contributed by atoms with Gasteiger partial charge in [0, 0.05) is 24.3 Å². The zero-order chi connectivity index (χ0) is 25.1. The van der Waals surface area contributed by atoms with Gasteiger partial charge in [0.1, 0.15) is 17.9 Å². The second-order valence-corrected chi connectivity index (χ2v) is 12.3. The van der Waals surface area contributed by atoms with Gasteiger partial charge in [-0.2, -0.15) is 0 Å². The Morgan fingerprint density at radius 1 is 1.23 bits per heavy atom. The molecular weight excluding hydrogens is 494 g/mol. The molecule has 35 heavy (non-hydrogen) atoms. The largest absolute Gasteiger partial charge is 0.489 e. The molecule has 3 aliphatic rings. The summed E-state index contributed by atoms with van der Waals surface area (Å²) >= 11 is 6.55. The first-order valence-electron chi connectivity index (χ1n) is 11.9. The molecule has 0 spiro atoms. The van der Waals surface area contributed by atoms with Crippen LogP contribution in [0.2, 0.25) is 5.02 Å². The molecule has 1 aromatic heterocycles. The van der Waals surface area contributed by atoms with Crippen LogP contribution in [0, 0.1) is 0 Å². The Bertz CT molecular complexity index is 1350. The smallest absolute Gasteiger partial charge is 0.344 e. The van der Waals surface area contributed by atoms with Gasteiger partial charge in [-0.05, 0) is 64.2 Å². The Labute approximate surface area is 209 Å². The third-order valence-electron chi connectivity index (χ3n) is 6.69. The molecule has 5 rings (SSSR count). The van der Waals surface area contributed by atoms with Crippen LogP contribution < -0.4 is 10.3 Å². The van der Waals surface area contributed by atoms with Gasteiger partial charge in [-0.1, -0.05) is 11.6 Å². The number of aromatic nitrogens is 1. The van der Waals surface area contributed by atoms with Crippen LogP contribution in [0.15, 0.2) is 27.9 Å². The Morgan fingerprint density at radius 3 is 2.60 bits per heavy atom. The Kier molecular flexibility index (Phi) is 6.22. The van der Waals surface area contributed by atoms with Gasteiger partial charge >= 0.3 is 5.97 Å². The van der Waals surface area contributed by atoms with E-state index in [-0.39, 0.29) is 40.0 Å². The van der Waals surface area contributed by atoms with Crippen LogP contribution in [0.5, 0.6) is 5.75 Å². The molecule has 8 nitrogen and oxygen atoms in total. The first kappa shape index (κ1) is 24.3. The number of esters is 1. The number of ether oxygens (including phenoxy) is 3. The highest BCUT2D eigenvalue weighted by Crippen LogP contribution is 2.49. The van der Waals surface area contributed by atoms with Gasteiger partial charge in [0.05, 0.1) is 33.1 Å². The lowest BCUT2D eigenvalue weighted by Crippen LogP contribution is -2.33. The van der Waals surface area contributed by atoms with Gasteiger partial charge in [-0.15, -0.1) is 0 Å². The Hall–Kier alpha value is -2.36. The van der Waals surface area contributed by atoms with E-state index < -0.39 is 32.7 Å². The summed E-state index contributed by atoms with van der Waals surface area (Å²) in [6, 6.07) is 4.26. The van der Waals surface area contributed by atoms with E-state index in [1.165, 1.54) is 12.1 Å². The second-order valence-electron chi connectivity index (χ2n) is 9.63. The highest BCUT2D eigenvalue weighted by molar-refractivity contribution is 7.92. The van der Waals surface area contributed by atoms with Crippen molar-refractivity contribution in [1.82, 2.24) is 4.57 Å². The predicted molar refractivity (Wildman–Crippen MR) is 130 cm³/mol.